The molecule has 8 nitrogen and oxygen atoms in total. The molecule has 0 radical (unpaired) electrons. The Labute approximate surface area is 206 Å². The predicted octanol–water partition coefficient (Wildman–Crippen LogP) is 4.38. The van der Waals surface area contributed by atoms with Crippen molar-refractivity contribution in [2.75, 3.05) is 0 Å². The van der Waals surface area contributed by atoms with Crippen LogP contribution in [0.25, 0.3) is 27.0 Å². The van der Waals surface area contributed by atoms with E-state index in [-0.39, 0.29) is 11.4 Å². The number of alkyl halides is 3. The molecule has 0 saturated carbocycles. The van der Waals surface area contributed by atoms with Crippen molar-refractivity contribution in [3.8, 4) is 22.7 Å². The fraction of sp³-hybridized carbons (Fsp3) is 0.250. The molecule has 0 unspecified atom stereocenters. The quantitative estimate of drug-likeness (QED) is 0.420. The lowest BCUT2D eigenvalue weighted by Gasteiger charge is -2.23. The molecule has 0 fully saturated rings. The Morgan fingerprint density at radius 1 is 1.08 bits per heavy atom. The van der Waals surface area contributed by atoms with Gasteiger partial charge in [0.05, 0.1) is 16.1 Å². The number of aryl methyl sites for hydroxylation is 1. The Morgan fingerprint density at radius 3 is 2.42 bits per heavy atom. The fourth-order valence-electron chi connectivity index (χ4n) is 3.63. The van der Waals surface area contributed by atoms with Crippen LogP contribution >= 0.6 is 11.5 Å². The summed E-state index contributed by atoms with van der Waals surface area (Å²) in [7, 11) is 0.942. The Hall–Kier alpha value is -3.93. The highest BCUT2D eigenvalue weighted by atomic mass is 32.1. The number of halogens is 3. The number of hydrogen-bond donors (Lipinski definition) is 1. The van der Waals surface area contributed by atoms with Gasteiger partial charge in [-0.3, -0.25) is 9.36 Å². The number of carbonyl (C=O) groups is 1. The molecule has 0 aliphatic rings. The standard InChI is InChI=1S/C24H20F3N3O5S/c1-12-5-7-16(35-23(2,3)21(32)33)14(9-12)20-15-10-13(6-8-17(15)36-28-20)30-19(31)11-18(24(25,26)27)29(4)22(30)34/h5-11H,1-4H3,(H,32,33). The van der Waals surface area contributed by atoms with Gasteiger partial charge in [0.2, 0.25) is 0 Å². The number of rotatable bonds is 5. The van der Waals surface area contributed by atoms with Crippen molar-refractivity contribution in [1.82, 2.24) is 13.5 Å². The van der Waals surface area contributed by atoms with Gasteiger partial charge in [0.15, 0.2) is 5.60 Å². The molecule has 0 bridgehead atoms. The molecule has 4 rings (SSSR count). The highest BCUT2D eigenvalue weighted by molar-refractivity contribution is 7.13. The second-order valence-corrected chi connectivity index (χ2v) is 9.48. The van der Waals surface area contributed by atoms with Gasteiger partial charge in [-0.25, -0.2) is 14.2 Å². The molecule has 0 amide bonds. The molecule has 4 aromatic rings. The number of hydrogen-bond acceptors (Lipinski definition) is 6. The second-order valence-electron chi connectivity index (χ2n) is 8.67. The van der Waals surface area contributed by atoms with Crippen LogP contribution in [0.1, 0.15) is 25.1 Å². The number of nitrogens with zero attached hydrogens (tertiary/aromatic N) is 3. The maximum Gasteiger partial charge on any atom is 0.431 e. The van der Waals surface area contributed by atoms with Gasteiger partial charge < -0.3 is 9.84 Å². The molecule has 1 N–H and O–H groups in total. The van der Waals surface area contributed by atoms with Crippen molar-refractivity contribution in [2.24, 2.45) is 7.05 Å². The average molecular weight is 520 g/mol. The Morgan fingerprint density at radius 2 is 1.78 bits per heavy atom. The second kappa shape index (κ2) is 8.63. The van der Waals surface area contributed by atoms with E-state index in [9.17, 15) is 32.7 Å². The van der Waals surface area contributed by atoms with Crippen molar-refractivity contribution in [3.05, 3.63) is 74.6 Å². The van der Waals surface area contributed by atoms with Gasteiger partial charge in [0, 0.05) is 24.1 Å². The summed E-state index contributed by atoms with van der Waals surface area (Å²) in [6, 6.07) is 10.0. The number of carboxylic acid groups (broad SMARTS) is 1. The van der Waals surface area contributed by atoms with Crippen LogP contribution in [0.2, 0.25) is 0 Å². The van der Waals surface area contributed by atoms with Crippen molar-refractivity contribution in [2.45, 2.75) is 32.5 Å². The molecule has 36 heavy (non-hydrogen) atoms. The minimum Gasteiger partial charge on any atom is -0.478 e. The zero-order chi connectivity index (χ0) is 26.6. The zero-order valence-electron chi connectivity index (χ0n) is 19.5. The molecule has 0 spiro atoms. The van der Waals surface area contributed by atoms with E-state index in [1.54, 1.807) is 24.3 Å². The number of aromatic nitrogens is 3. The number of benzene rings is 2. The Balaban J connectivity index is 1.92. The van der Waals surface area contributed by atoms with Gasteiger partial charge in [0.1, 0.15) is 11.4 Å². The van der Waals surface area contributed by atoms with Gasteiger partial charge in [-0.2, -0.15) is 17.5 Å². The van der Waals surface area contributed by atoms with Gasteiger partial charge >= 0.3 is 17.8 Å². The summed E-state index contributed by atoms with van der Waals surface area (Å²) in [4.78, 5) is 36.9. The van der Waals surface area contributed by atoms with Gasteiger partial charge in [-0.15, -0.1) is 0 Å². The van der Waals surface area contributed by atoms with E-state index < -0.39 is 34.7 Å². The van der Waals surface area contributed by atoms with E-state index in [1.807, 2.05) is 6.92 Å². The van der Waals surface area contributed by atoms with Crippen molar-refractivity contribution in [3.63, 3.8) is 0 Å². The highest BCUT2D eigenvalue weighted by Crippen LogP contribution is 2.39. The summed E-state index contributed by atoms with van der Waals surface area (Å²) < 4.78 is 51.6. The van der Waals surface area contributed by atoms with Gasteiger partial charge in [-0.05, 0) is 62.6 Å². The lowest BCUT2D eigenvalue weighted by Crippen LogP contribution is -2.40. The van der Waals surface area contributed by atoms with Gasteiger partial charge in [-0.1, -0.05) is 11.6 Å². The van der Waals surface area contributed by atoms with E-state index in [4.69, 9.17) is 4.74 Å². The summed E-state index contributed by atoms with van der Waals surface area (Å²) in [5.74, 6) is -0.912. The van der Waals surface area contributed by atoms with Crippen molar-refractivity contribution >= 4 is 27.6 Å². The smallest absolute Gasteiger partial charge is 0.431 e. The molecule has 0 saturated heterocycles. The van der Waals surface area contributed by atoms with Crippen LogP contribution in [0.3, 0.4) is 0 Å². The van der Waals surface area contributed by atoms with E-state index in [0.29, 0.717) is 36.5 Å². The van der Waals surface area contributed by atoms with Crippen molar-refractivity contribution in [1.29, 1.82) is 0 Å². The minimum atomic E-state index is -4.87. The van der Waals surface area contributed by atoms with Gasteiger partial charge in [0.25, 0.3) is 5.56 Å². The molecule has 2 heterocycles. The topological polar surface area (TPSA) is 103 Å². The minimum absolute atomic E-state index is 0.0595. The molecule has 0 aliphatic carbocycles. The first-order chi connectivity index (χ1) is 16.7. The van der Waals surface area contributed by atoms with Crippen LogP contribution in [0, 0.1) is 6.92 Å². The molecule has 2 aromatic heterocycles. The molecular formula is C24H20F3N3O5S. The fourth-order valence-corrected chi connectivity index (χ4v) is 4.40. The molecular weight excluding hydrogens is 499 g/mol. The van der Waals surface area contributed by atoms with Crippen molar-refractivity contribution < 1.29 is 27.8 Å². The van der Waals surface area contributed by atoms with Crippen LogP contribution in [-0.4, -0.2) is 30.2 Å². The van der Waals surface area contributed by atoms with E-state index >= 15 is 0 Å². The largest absolute Gasteiger partial charge is 0.478 e. The van der Waals surface area contributed by atoms with E-state index in [1.165, 1.54) is 26.0 Å². The summed E-state index contributed by atoms with van der Waals surface area (Å²) in [6.45, 7) is 4.65. The first-order valence-corrected chi connectivity index (χ1v) is 11.3. The Bertz CT molecular complexity index is 1630. The monoisotopic (exact) mass is 519 g/mol. The molecule has 188 valence electrons. The zero-order valence-corrected chi connectivity index (χ0v) is 20.3. The third kappa shape index (κ3) is 4.39. The molecule has 2 aromatic carbocycles. The number of carboxylic acids is 1. The van der Waals surface area contributed by atoms with Crippen LogP contribution in [0.5, 0.6) is 5.75 Å². The summed E-state index contributed by atoms with van der Waals surface area (Å²) >= 11 is 1.13. The predicted molar refractivity (Wildman–Crippen MR) is 128 cm³/mol. The number of aliphatic carboxylic acids is 1. The SMILES string of the molecule is Cc1ccc(OC(C)(C)C(=O)O)c(-c2nsc3ccc(-n4c(=O)cc(C(F)(F)F)n(C)c4=O)cc23)c1. The third-order valence-corrected chi connectivity index (χ3v) is 6.42. The van der Waals surface area contributed by atoms with Crippen LogP contribution in [0.4, 0.5) is 13.2 Å². The summed E-state index contributed by atoms with van der Waals surface area (Å²) in [6.07, 6.45) is -4.87. The van der Waals surface area contributed by atoms with Crippen LogP contribution in [0.15, 0.2) is 52.1 Å². The maximum atomic E-state index is 13.2. The lowest BCUT2D eigenvalue weighted by atomic mass is 10.0. The number of ether oxygens (including phenoxy) is 1. The molecule has 12 heteroatoms. The summed E-state index contributed by atoms with van der Waals surface area (Å²) in [5, 5.41) is 9.99. The van der Waals surface area contributed by atoms with Crippen LogP contribution in [-0.2, 0) is 18.0 Å². The third-order valence-electron chi connectivity index (χ3n) is 5.59. The highest BCUT2D eigenvalue weighted by Gasteiger charge is 2.35. The van der Waals surface area contributed by atoms with E-state index in [0.717, 1.165) is 24.1 Å². The summed E-state index contributed by atoms with van der Waals surface area (Å²) in [5.41, 5.74) is -3.37. The molecule has 0 aliphatic heterocycles. The molecule has 0 atom stereocenters. The Kier molecular flexibility index (Phi) is 6.03. The van der Waals surface area contributed by atoms with E-state index in [2.05, 4.69) is 4.37 Å². The number of fused-ring (bicyclic) bond motifs is 1. The maximum absolute atomic E-state index is 13.2. The normalized spacial score (nSPS) is 12.2. The first-order valence-electron chi connectivity index (χ1n) is 10.5. The average Bonchev–Trinajstić information content (AvgIpc) is 3.20. The lowest BCUT2D eigenvalue weighted by molar-refractivity contribution is -0.152. The van der Waals surface area contributed by atoms with Crippen LogP contribution < -0.4 is 16.0 Å². The first kappa shape index (κ1) is 25.2.